The van der Waals surface area contributed by atoms with Gasteiger partial charge < -0.3 is 10.1 Å². The molecule has 1 aliphatic rings. The van der Waals surface area contributed by atoms with Crippen molar-refractivity contribution in [2.75, 3.05) is 13.1 Å². The molecule has 4 heteroatoms. The Kier molecular flexibility index (Phi) is 3.76. The zero-order chi connectivity index (χ0) is 14.1. The van der Waals surface area contributed by atoms with Gasteiger partial charge in [0.1, 0.15) is 5.65 Å². The molecular weight excluding hydrogens is 248 g/mol. The van der Waals surface area contributed by atoms with Crippen LogP contribution in [0.15, 0.2) is 24.5 Å². The van der Waals surface area contributed by atoms with E-state index in [0.717, 1.165) is 37.4 Å². The summed E-state index contributed by atoms with van der Waals surface area (Å²) in [7, 11) is 0. The average Bonchev–Trinajstić information content (AvgIpc) is 2.85. The minimum absolute atomic E-state index is 0.375. The number of fused-ring (bicyclic) bond motifs is 1. The van der Waals surface area contributed by atoms with Crippen molar-refractivity contribution in [1.29, 1.82) is 0 Å². The van der Waals surface area contributed by atoms with Crippen molar-refractivity contribution in [2.24, 2.45) is 11.7 Å². The molecule has 3 rings (SSSR count). The highest BCUT2D eigenvalue weighted by Crippen LogP contribution is 2.20. The molecule has 4 nitrogen and oxygen atoms in total. The van der Waals surface area contributed by atoms with Gasteiger partial charge in [-0.3, -0.25) is 4.90 Å². The Balaban J connectivity index is 1.75. The highest BCUT2D eigenvalue weighted by atomic mass is 15.2. The van der Waals surface area contributed by atoms with Crippen molar-refractivity contribution < 1.29 is 0 Å². The lowest BCUT2D eigenvalue weighted by molar-refractivity contribution is 0.144. The van der Waals surface area contributed by atoms with Gasteiger partial charge in [-0.25, -0.2) is 4.98 Å². The molecule has 2 aromatic rings. The second-order valence-corrected chi connectivity index (χ2v) is 6.01. The summed E-state index contributed by atoms with van der Waals surface area (Å²) in [5.41, 5.74) is 9.64. The van der Waals surface area contributed by atoms with E-state index in [1.165, 1.54) is 12.0 Å². The van der Waals surface area contributed by atoms with E-state index in [-0.39, 0.29) is 0 Å². The van der Waals surface area contributed by atoms with E-state index in [1.807, 2.05) is 0 Å². The van der Waals surface area contributed by atoms with Crippen LogP contribution >= 0.6 is 0 Å². The van der Waals surface area contributed by atoms with Gasteiger partial charge in [-0.1, -0.05) is 19.4 Å². The molecule has 0 saturated carbocycles. The summed E-state index contributed by atoms with van der Waals surface area (Å²) in [6.45, 7) is 7.47. The molecule has 2 atom stereocenters. The number of rotatable bonds is 3. The molecule has 0 spiro atoms. The molecule has 2 N–H and O–H groups in total. The second kappa shape index (κ2) is 5.54. The SMILES string of the molecule is CCC1CN(Cc2cn3cccc(C)c3n2)CCC1N. The predicted molar refractivity (Wildman–Crippen MR) is 81.6 cm³/mol. The Morgan fingerprint density at radius 2 is 2.30 bits per heavy atom. The second-order valence-electron chi connectivity index (χ2n) is 6.01. The first-order valence-electron chi connectivity index (χ1n) is 7.58. The van der Waals surface area contributed by atoms with Gasteiger partial charge in [0.05, 0.1) is 5.69 Å². The molecule has 3 heterocycles. The first-order valence-corrected chi connectivity index (χ1v) is 7.58. The number of aromatic nitrogens is 2. The van der Waals surface area contributed by atoms with E-state index in [4.69, 9.17) is 10.7 Å². The zero-order valence-electron chi connectivity index (χ0n) is 12.4. The molecule has 1 saturated heterocycles. The van der Waals surface area contributed by atoms with Crippen molar-refractivity contribution in [3.05, 3.63) is 35.8 Å². The van der Waals surface area contributed by atoms with Gasteiger partial charge in [0.15, 0.2) is 0 Å². The Hall–Kier alpha value is -1.39. The Morgan fingerprint density at radius 1 is 1.45 bits per heavy atom. The summed E-state index contributed by atoms with van der Waals surface area (Å²) in [6.07, 6.45) is 6.49. The number of imidazole rings is 1. The molecule has 0 aromatic carbocycles. The number of nitrogens with zero attached hydrogens (tertiary/aromatic N) is 3. The summed E-state index contributed by atoms with van der Waals surface area (Å²) in [6, 6.07) is 4.56. The maximum absolute atomic E-state index is 6.18. The van der Waals surface area contributed by atoms with Crippen molar-refractivity contribution >= 4 is 5.65 Å². The number of aryl methyl sites for hydroxylation is 1. The normalized spacial score (nSPS) is 24.4. The van der Waals surface area contributed by atoms with Crippen LogP contribution in [0.3, 0.4) is 0 Å². The van der Waals surface area contributed by atoms with E-state index in [1.54, 1.807) is 0 Å². The third-order valence-electron chi connectivity index (χ3n) is 4.51. The van der Waals surface area contributed by atoms with Crippen LogP contribution in [0.1, 0.15) is 31.0 Å². The fourth-order valence-electron chi connectivity index (χ4n) is 3.21. The van der Waals surface area contributed by atoms with Gasteiger partial charge in [-0.05, 0) is 30.9 Å². The van der Waals surface area contributed by atoms with E-state index in [2.05, 4.69) is 47.7 Å². The van der Waals surface area contributed by atoms with E-state index < -0.39 is 0 Å². The molecule has 1 aliphatic heterocycles. The lowest BCUT2D eigenvalue weighted by Gasteiger charge is -2.36. The zero-order valence-corrected chi connectivity index (χ0v) is 12.4. The summed E-state index contributed by atoms with van der Waals surface area (Å²) in [4.78, 5) is 7.26. The third kappa shape index (κ3) is 2.58. The highest BCUT2D eigenvalue weighted by molar-refractivity contribution is 5.47. The highest BCUT2D eigenvalue weighted by Gasteiger charge is 2.25. The minimum Gasteiger partial charge on any atom is -0.327 e. The van der Waals surface area contributed by atoms with Crippen LogP contribution in [0.5, 0.6) is 0 Å². The molecule has 0 radical (unpaired) electrons. The Morgan fingerprint density at radius 3 is 3.05 bits per heavy atom. The van der Waals surface area contributed by atoms with E-state index >= 15 is 0 Å². The fraction of sp³-hybridized carbons (Fsp3) is 0.562. The fourth-order valence-corrected chi connectivity index (χ4v) is 3.21. The molecule has 108 valence electrons. The van der Waals surface area contributed by atoms with Crippen molar-refractivity contribution in [3.63, 3.8) is 0 Å². The molecular formula is C16H24N4. The van der Waals surface area contributed by atoms with Gasteiger partial charge in [-0.2, -0.15) is 0 Å². The van der Waals surface area contributed by atoms with Gasteiger partial charge in [0, 0.05) is 38.1 Å². The van der Waals surface area contributed by atoms with Crippen molar-refractivity contribution in [2.45, 2.75) is 39.3 Å². The molecule has 1 fully saturated rings. The number of nitrogens with two attached hydrogens (primary N) is 1. The van der Waals surface area contributed by atoms with Crippen LogP contribution in [-0.2, 0) is 6.54 Å². The largest absolute Gasteiger partial charge is 0.327 e. The molecule has 2 aromatic heterocycles. The third-order valence-corrected chi connectivity index (χ3v) is 4.51. The minimum atomic E-state index is 0.375. The number of likely N-dealkylation sites (tertiary alicyclic amines) is 1. The Bertz CT molecular complexity index is 589. The van der Waals surface area contributed by atoms with Crippen molar-refractivity contribution in [1.82, 2.24) is 14.3 Å². The van der Waals surface area contributed by atoms with Crippen molar-refractivity contribution in [3.8, 4) is 0 Å². The van der Waals surface area contributed by atoms with Crippen LogP contribution in [0.4, 0.5) is 0 Å². The van der Waals surface area contributed by atoms with Gasteiger partial charge in [0.25, 0.3) is 0 Å². The smallest absolute Gasteiger partial charge is 0.139 e. The molecule has 2 unspecified atom stereocenters. The monoisotopic (exact) mass is 272 g/mol. The summed E-state index contributed by atoms with van der Waals surface area (Å²) >= 11 is 0. The van der Waals surface area contributed by atoms with Gasteiger partial charge >= 0.3 is 0 Å². The number of hydrogen-bond donors (Lipinski definition) is 1. The molecule has 0 aliphatic carbocycles. The quantitative estimate of drug-likeness (QED) is 0.932. The number of pyridine rings is 1. The first-order chi connectivity index (χ1) is 9.67. The lowest BCUT2D eigenvalue weighted by atomic mass is 9.91. The number of hydrogen-bond acceptors (Lipinski definition) is 3. The van der Waals surface area contributed by atoms with Crippen LogP contribution in [-0.4, -0.2) is 33.4 Å². The Labute approximate surface area is 120 Å². The van der Waals surface area contributed by atoms with Gasteiger partial charge in [-0.15, -0.1) is 0 Å². The summed E-state index contributed by atoms with van der Waals surface area (Å²) in [5, 5.41) is 0. The number of piperidine rings is 1. The maximum Gasteiger partial charge on any atom is 0.139 e. The van der Waals surface area contributed by atoms with Crippen LogP contribution < -0.4 is 5.73 Å². The van der Waals surface area contributed by atoms with Gasteiger partial charge in [0.2, 0.25) is 0 Å². The molecule has 0 bridgehead atoms. The van der Waals surface area contributed by atoms with Crippen LogP contribution in [0, 0.1) is 12.8 Å². The van der Waals surface area contributed by atoms with E-state index in [9.17, 15) is 0 Å². The summed E-state index contributed by atoms with van der Waals surface area (Å²) in [5.74, 6) is 0.627. The first kappa shape index (κ1) is 13.6. The van der Waals surface area contributed by atoms with Crippen LogP contribution in [0.25, 0.3) is 5.65 Å². The maximum atomic E-state index is 6.18. The molecule has 0 amide bonds. The standard InChI is InChI=1S/C16H24N4/c1-3-13-9-19(8-6-15(13)17)10-14-11-20-7-4-5-12(2)16(20)18-14/h4-5,7,11,13,15H,3,6,8-10,17H2,1-2H3. The average molecular weight is 272 g/mol. The topological polar surface area (TPSA) is 46.6 Å². The predicted octanol–water partition coefficient (Wildman–Crippen LogP) is 2.20. The molecule has 20 heavy (non-hydrogen) atoms. The summed E-state index contributed by atoms with van der Waals surface area (Å²) < 4.78 is 2.12. The van der Waals surface area contributed by atoms with Crippen LogP contribution in [0.2, 0.25) is 0 Å². The van der Waals surface area contributed by atoms with E-state index in [0.29, 0.717) is 12.0 Å². The lowest BCUT2D eigenvalue weighted by Crippen LogP contribution is -2.46.